The highest BCUT2D eigenvalue weighted by atomic mass is 16.1. The number of fused-ring (bicyclic) bond motifs is 1. The molecule has 1 N–H and O–H groups in total. The standard InChI is InChI=1S/C24H17N3O/c25-16-19-7-4-8-20(13-19)22-15-24(28)27-23-14-18(11-12-21(23)26-22)10-9-17-5-2-1-3-6-17/h1-14H,15H2,(H,27,28)/b10-9+. The molecule has 1 aliphatic heterocycles. The van der Waals surface area contributed by atoms with Crippen molar-refractivity contribution in [2.24, 2.45) is 4.99 Å². The zero-order valence-corrected chi connectivity index (χ0v) is 15.1. The van der Waals surface area contributed by atoms with E-state index >= 15 is 0 Å². The molecule has 0 saturated heterocycles. The minimum absolute atomic E-state index is 0.121. The molecule has 0 saturated carbocycles. The van der Waals surface area contributed by atoms with E-state index in [1.165, 1.54) is 0 Å². The zero-order chi connectivity index (χ0) is 19.3. The van der Waals surface area contributed by atoms with Crippen molar-refractivity contribution in [3.63, 3.8) is 0 Å². The minimum atomic E-state index is -0.121. The molecule has 0 aliphatic carbocycles. The summed E-state index contributed by atoms with van der Waals surface area (Å²) in [5.74, 6) is -0.121. The summed E-state index contributed by atoms with van der Waals surface area (Å²) in [6.45, 7) is 0. The summed E-state index contributed by atoms with van der Waals surface area (Å²) in [5.41, 5.74) is 5.47. The first-order valence-corrected chi connectivity index (χ1v) is 8.96. The van der Waals surface area contributed by atoms with Gasteiger partial charge in [0.2, 0.25) is 5.91 Å². The Morgan fingerprint density at radius 2 is 1.75 bits per heavy atom. The normalized spacial score (nSPS) is 13.2. The van der Waals surface area contributed by atoms with Gasteiger partial charge in [0.05, 0.1) is 35.1 Å². The van der Waals surface area contributed by atoms with Gasteiger partial charge in [-0.1, -0.05) is 60.7 Å². The molecule has 0 bridgehead atoms. The van der Waals surface area contributed by atoms with Gasteiger partial charge < -0.3 is 5.32 Å². The van der Waals surface area contributed by atoms with Gasteiger partial charge in [-0.3, -0.25) is 9.79 Å². The van der Waals surface area contributed by atoms with E-state index in [4.69, 9.17) is 10.3 Å². The number of nitrogens with zero attached hydrogens (tertiary/aromatic N) is 2. The SMILES string of the molecule is N#Cc1cccc(C2=Nc3ccc(/C=C/c4ccccc4)cc3NC(=O)C2)c1. The summed E-state index contributed by atoms with van der Waals surface area (Å²) in [7, 11) is 0. The number of aliphatic imine (C=N–C) groups is 1. The average molecular weight is 363 g/mol. The second kappa shape index (κ2) is 7.73. The summed E-state index contributed by atoms with van der Waals surface area (Å²) in [6.07, 6.45) is 4.20. The first-order valence-electron chi connectivity index (χ1n) is 8.96. The van der Waals surface area contributed by atoms with Gasteiger partial charge in [-0.05, 0) is 41.0 Å². The molecule has 3 aromatic rings. The summed E-state index contributed by atoms with van der Waals surface area (Å²) in [6, 6.07) is 25.1. The molecule has 0 spiro atoms. The van der Waals surface area contributed by atoms with Gasteiger partial charge in [0.15, 0.2) is 0 Å². The summed E-state index contributed by atoms with van der Waals surface area (Å²) >= 11 is 0. The molecule has 0 fully saturated rings. The van der Waals surface area contributed by atoms with Crippen molar-refractivity contribution in [2.45, 2.75) is 6.42 Å². The number of hydrogen-bond acceptors (Lipinski definition) is 3. The van der Waals surface area contributed by atoms with E-state index in [0.717, 1.165) is 16.7 Å². The highest BCUT2D eigenvalue weighted by molar-refractivity contribution is 6.17. The number of carbonyl (C=O) groups excluding carboxylic acids is 1. The van der Waals surface area contributed by atoms with Crippen molar-refractivity contribution in [3.05, 3.63) is 95.1 Å². The number of nitriles is 1. The van der Waals surface area contributed by atoms with E-state index in [1.807, 2.05) is 66.7 Å². The number of rotatable bonds is 3. The van der Waals surface area contributed by atoms with E-state index < -0.39 is 0 Å². The van der Waals surface area contributed by atoms with Gasteiger partial charge in [0.1, 0.15) is 0 Å². The first kappa shape index (κ1) is 17.4. The Bertz CT molecular complexity index is 1140. The molecule has 4 rings (SSSR count). The highest BCUT2D eigenvalue weighted by Gasteiger charge is 2.17. The van der Waals surface area contributed by atoms with Crippen molar-refractivity contribution >= 4 is 35.1 Å². The van der Waals surface area contributed by atoms with Crippen LogP contribution in [0.4, 0.5) is 11.4 Å². The third-order valence-corrected chi connectivity index (χ3v) is 4.47. The fraction of sp³-hybridized carbons (Fsp3) is 0.0417. The Kier molecular flexibility index (Phi) is 4.81. The van der Waals surface area contributed by atoms with Crippen LogP contribution < -0.4 is 5.32 Å². The van der Waals surface area contributed by atoms with E-state index in [1.54, 1.807) is 18.2 Å². The third kappa shape index (κ3) is 3.89. The lowest BCUT2D eigenvalue weighted by Gasteiger charge is -2.05. The van der Waals surface area contributed by atoms with Gasteiger partial charge in [0.25, 0.3) is 0 Å². The molecule has 0 aromatic heterocycles. The van der Waals surface area contributed by atoms with Gasteiger partial charge in [0, 0.05) is 0 Å². The third-order valence-electron chi connectivity index (χ3n) is 4.47. The molecule has 0 radical (unpaired) electrons. The molecule has 3 aromatic carbocycles. The fourth-order valence-electron chi connectivity index (χ4n) is 3.08. The lowest BCUT2D eigenvalue weighted by molar-refractivity contribution is -0.115. The van der Waals surface area contributed by atoms with Crippen LogP contribution in [0.1, 0.15) is 28.7 Å². The molecule has 1 heterocycles. The van der Waals surface area contributed by atoms with Crippen LogP contribution in [0.15, 0.2) is 77.8 Å². The lowest BCUT2D eigenvalue weighted by Crippen LogP contribution is -2.15. The number of hydrogen-bond donors (Lipinski definition) is 1. The molecule has 0 unspecified atom stereocenters. The number of amides is 1. The number of nitrogens with one attached hydrogen (secondary N) is 1. The average Bonchev–Trinajstić information content (AvgIpc) is 2.90. The van der Waals surface area contributed by atoms with Gasteiger partial charge >= 0.3 is 0 Å². The molecule has 1 amide bonds. The lowest BCUT2D eigenvalue weighted by atomic mass is 10.0. The molecule has 28 heavy (non-hydrogen) atoms. The summed E-state index contributed by atoms with van der Waals surface area (Å²) in [5, 5.41) is 12.1. The van der Waals surface area contributed by atoms with Gasteiger partial charge in [-0.15, -0.1) is 0 Å². The second-order valence-corrected chi connectivity index (χ2v) is 6.50. The maximum Gasteiger partial charge on any atom is 0.230 e. The Morgan fingerprint density at radius 1 is 0.929 bits per heavy atom. The number of carbonyl (C=O) groups is 1. The monoisotopic (exact) mass is 363 g/mol. The number of anilines is 1. The second-order valence-electron chi connectivity index (χ2n) is 6.50. The Morgan fingerprint density at radius 3 is 2.57 bits per heavy atom. The van der Waals surface area contributed by atoms with Crippen molar-refractivity contribution < 1.29 is 4.79 Å². The van der Waals surface area contributed by atoms with Crippen LogP contribution in [-0.2, 0) is 4.79 Å². The quantitative estimate of drug-likeness (QED) is 0.651. The number of benzene rings is 3. The van der Waals surface area contributed by atoms with Crippen LogP contribution in [0.2, 0.25) is 0 Å². The van der Waals surface area contributed by atoms with E-state index in [-0.39, 0.29) is 12.3 Å². The van der Waals surface area contributed by atoms with Crippen molar-refractivity contribution in [1.82, 2.24) is 0 Å². The van der Waals surface area contributed by atoms with Crippen LogP contribution in [0.3, 0.4) is 0 Å². The Balaban J connectivity index is 1.68. The van der Waals surface area contributed by atoms with Gasteiger partial charge in [-0.2, -0.15) is 5.26 Å². The molecule has 1 aliphatic rings. The van der Waals surface area contributed by atoms with E-state index in [2.05, 4.69) is 11.4 Å². The molecule has 4 heteroatoms. The topological polar surface area (TPSA) is 65.2 Å². The smallest absolute Gasteiger partial charge is 0.230 e. The molecule has 4 nitrogen and oxygen atoms in total. The zero-order valence-electron chi connectivity index (χ0n) is 15.1. The van der Waals surface area contributed by atoms with Crippen LogP contribution in [0, 0.1) is 11.3 Å². The summed E-state index contributed by atoms with van der Waals surface area (Å²) < 4.78 is 0. The highest BCUT2D eigenvalue weighted by Crippen LogP contribution is 2.31. The van der Waals surface area contributed by atoms with Crippen LogP contribution in [0.25, 0.3) is 12.2 Å². The van der Waals surface area contributed by atoms with Crippen LogP contribution in [-0.4, -0.2) is 11.6 Å². The summed E-state index contributed by atoms with van der Waals surface area (Å²) in [4.78, 5) is 17.1. The minimum Gasteiger partial charge on any atom is -0.324 e. The van der Waals surface area contributed by atoms with Crippen molar-refractivity contribution in [2.75, 3.05) is 5.32 Å². The molecule has 134 valence electrons. The Hall–Kier alpha value is -3.97. The fourth-order valence-corrected chi connectivity index (χ4v) is 3.08. The van der Waals surface area contributed by atoms with Crippen molar-refractivity contribution in [1.29, 1.82) is 5.26 Å². The van der Waals surface area contributed by atoms with Crippen LogP contribution >= 0.6 is 0 Å². The Labute approximate surface area is 163 Å². The van der Waals surface area contributed by atoms with Gasteiger partial charge in [-0.25, -0.2) is 0 Å². The molecule has 0 atom stereocenters. The van der Waals surface area contributed by atoms with Crippen molar-refractivity contribution in [3.8, 4) is 6.07 Å². The molecular weight excluding hydrogens is 346 g/mol. The maximum atomic E-state index is 12.4. The maximum absolute atomic E-state index is 12.4. The van der Waals surface area contributed by atoms with Crippen LogP contribution in [0.5, 0.6) is 0 Å². The molecular formula is C24H17N3O. The first-order chi connectivity index (χ1) is 13.7. The predicted octanol–water partition coefficient (Wildman–Crippen LogP) is 5.19. The van der Waals surface area contributed by atoms with E-state index in [9.17, 15) is 4.79 Å². The largest absolute Gasteiger partial charge is 0.324 e. The van der Waals surface area contributed by atoms with E-state index in [0.29, 0.717) is 22.6 Å². The predicted molar refractivity (Wildman–Crippen MR) is 112 cm³/mol.